The standard InChI is InChI=1S/C22H36N4O2/c1-21(2,3)23-19(27)13-25-11-18-7-17(25)12-26(18)20(28)24-22-8-14-4-15(9-22)6-16(5-14)10-22/h14-18H,4-13H2,1-3H3,(H,23,27)(H,24,28)/t14?,15?,16?,17-,18-,22?/m0/s1. The Balaban J connectivity index is 1.17. The maximum atomic E-state index is 13.2. The molecule has 0 aromatic carbocycles. The normalized spacial score (nSPS) is 41.5. The minimum Gasteiger partial charge on any atom is -0.350 e. The quantitative estimate of drug-likeness (QED) is 0.780. The Morgan fingerprint density at radius 3 is 2.04 bits per heavy atom. The number of nitrogens with zero attached hydrogens (tertiary/aromatic N) is 2. The Morgan fingerprint density at radius 2 is 1.54 bits per heavy atom. The molecule has 6 heteroatoms. The van der Waals surface area contributed by atoms with E-state index in [0.29, 0.717) is 12.6 Å². The van der Waals surface area contributed by atoms with Crippen LogP contribution in [0.1, 0.15) is 65.7 Å². The second kappa shape index (κ2) is 6.35. The van der Waals surface area contributed by atoms with E-state index in [0.717, 1.165) is 37.3 Å². The highest BCUT2D eigenvalue weighted by atomic mass is 16.2. The number of piperazine rings is 1. The number of carbonyl (C=O) groups excluding carboxylic acids is 2. The van der Waals surface area contributed by atoms with Crippen molar-refractivity contribution in [3.05, 3.63) is 0 Å². The summed E-state index contributed by atoms with van der Waals surface area (Å²) in [6, 6.07) is 0.757. The second-order valence-electron chi connectivity index (χ2n) is 11.6. The molecule has 0 unspecified atom stereocenters. The maximum absolute atomic E-state index is 13.2. The number of likely N-dealkylation sites (tertiary alicyclic amines) is 2. The van der Waals surface area contributed by atoms with Gasteiger partial charge in [-0.2, -0.15) is 0 Å². The van der Waals surface area contributed by atoms with Crippen LogP contribution in [0.3, 0.4) is 0 Å². The molecule has 2 atom stereocenters. The van der Waals surface area contributed by atoms with Crippen LogP contribution in [0.15, 0.2) is 0 Å². The Morgan fingerprint density at radius 1 is 0.929 bits per heavy atom. The molecule has 6 rings (SSSR count). The number of carbonyl (C=O) groups is 2. The molecule has 2 aliphatic heterocycles. The molecule has 6 aliphatic rings. The number of nitrogens with one attached hydrogen (secondary N) is 2. The van der Waals surface area contributed by atoms with Crippen molar-refractivity contribution >= 4 is 11.9 Å². The SMILES string of the molecule is CC(C)(C)NC(=O)CN1C[C@@H]2C[C@H]1CN2C(=O)NC12CC3CC(CC(C3)C1)C2. The molecule has 2 N–H and O–H groups in total. The van der Waals surface area contributed by atoms with E-state index in [1.807, 2.05) is 20.8 Å². The number of urea groups is 1. The first-order chi connectivity index (χ1) is 13.2. The minimum absolute atomic E-state index is 0.0833. The predicted molar refractivity (Wildman–Crippen MR) is 108 cm³/mol. The lowest BCUT2D eigenvalue weighted by Crippen LogP contribution is -2.63. The van der Waals surface area contributed by atoms with E-state index < -0.39 is 0 Å². The number of fused-ring (bicyclic) bond motifs is 2. The Bertz CT molecular complexity index is 635. The van der Waals surface area contributed by atoms with Gasteiger partial charge in [0.15, 0.2) is 0 Å². The van der Waals surface area contributed by atoms with Gasteiger partial charge in [-0.05, 0) is 83.5 Å². The third-order valence-corrected chi connectivity index (χ3v) is 7.89. The third kappa shape index (κ3) is 3.42. The van der Waals surface area contributed by atoms with Crippen LogP contribution in [-0.4, -0.2) is 64.5 Å². The summed E-state index contributed by atoms with van der Waals surface area (Å²) >= 11 is 0. The van der Waals surface area contributed by atoms with E-state index >= 15 is 0 Å². The van der Waals surface area contributed by atoms with Crippen molar-refractivity contribution in [3.63, 3.8) is 0 Å². The first-order valence-corrected chi connectivity index (χ1v) is 11.3. The van der Waals surface area contributed by atoms with Crippen LogP contribution < -0.4 is 10.6 Å². The van der Waals surface area contributed by atoms with Crippen LogP contribution in [0.25, 0.3) is 0 Å². The predicted octanol–water partition coefficient (Wildman–Crippen LogP) is 2.34. The van der Waals surface area contributed by atoms with Crippen LogP contribution in [-0.2, 0) is 4.79 Å². The van der Waals surface area contributed by atoms with E-state index in [-0.39, 0.29) is 29.1 Å². The lowest BCUT2D eigenvalue weighted by molar-refractivity contribution is -0.124. The molecule has 4 saturated carbocycles. The molecule has 2 saturated heterocycles. The van der Waals surface area contributed by atoms with E-state index in [1.54, 1.807) is 0 Å². The molecule has 28 heavy (non-hydrogen) atoms. The summed E-state index contributed by atoms with van der Waals surface area (Å²) in [5.74, 6) is 2.62. The lowest BCUT2D eigenvalue weighted by atomic mass is 9.53. The van der Waals surface area contributed by atoms with Gasteiger partial charge in [0.25, 0.3) is 0 Å². The summed E-state index contributed by atoms with van der Waals surface area (Å²) in [6.07, 6.45) is 8.81. The van der Waals surface area contributed by atoms with Crippen LogP contribution >= 0.6 is 0 Å². The molecular formula is C22H36N4O2. The van der Waals surface area contributed by atoms with Gasteiger partial charge in [-0.15, -0.1) is 0 Å². The van der Waals surface area contributed by atoms with Crippen molar-refractivity contribution in [3.8, 4) is 0 Å². The monoisotopic (exact) mass is 388 g/mol. The molecule has 4 aliphatic carbocycles. The third-order valence-electron chi connectivity index (χ3n) is 7.89. The van der Waals surface area contributed by atoms with Gasteiger partial charge in [0.05, 0.1) is 6.54 Å². The molecular weight excluding hydrogens is 352 g/mol. The fraction of sp³-hybridized carbons (Fsp3) is 0.909. The highest BCUT2D eigenvalue weighted by Crippen LogP contribution is 2.55. The summed E-state index contributed by atoms with van der Waals surface area (Å²) in [7, 11) is 0. The fourth-order valence-electron chi connectivity index (χ4n) is 7.40. The molecule has 0 aromatic rings. The molecule has 0 spiro atoms. The second-order valence-corrected chi connectivity index (χ2v) is 11.6. The molecule has 0 aromatic heterocycles. The van der Waals surface area contributed by atoms with Gasteiger partial charge >= 0.3 is 6.03 Å². The van der Waals surface area contributed by atoms with E-state index in [4.69, 9.17) is 0 Å². The first kappa shape index (κ1) is 18.7. The summed E-state index contributed by atoms with van der Waals surface area (Å²) in [6.45, 7) is 8.08. The van der Waals surface area contributed by atoms with Crippen LogP contribution in [0.4, 0.5) is 4.79 Å². The molecule has 0 radical (unpaired) electrons. The molecule has 2 heterocycles. The average Bonchev–Trinajstić information content (AvgIpc) is 3.11. The number of amides is 3. The molecule has 3 amide bonds. The summed E-state index contributed by atoms with van der Waals surface area (Å²) < 4.78 is 0. The first-order valence-electron chi connectivity index (χ1n) is 11.3. The Kier molecular flexibility index (Phi) is 4.24. The van der Waals surface area contributed by atoms with E-state index in [9.17, 15) is 9.59 Å². The highest BCUT2D eigenvalue weighted by molar-refractivity contribution is 5.79. The Labute approximate surface area is 168 Å². The van der Waals surface area contributed by atoms with Crippen LogP contribution in [0, 0.1) is 17.8 Å². The summed E-state index contributed by atoms with van der Waals surface area (Å²) in [5, 5.41) is 6.58. The number of hydrogen-bond donors (Lipinski definition) is 2. The largest absolute Gasteiger partial charge is 0.350 e. The van der Waals surface area contributed by atoms with E-state index in [1.165, 1.54) is 38.5 Å². The van der Waals surface area contributed by atoms with Crippen LogP contribution in [0.5, 0.6) is 0 Å². The lowest BCUT2D eigenvalue weighted by Gasteiger charge is -2.57. The van der Waals surface area contributed by atoms with Crippen LogP contribution in [0.2, 0.25) is 0 Å². The number of rotatable bonds is 3. The van der Waals surface area contributed by atoms with Gasteiger partial charge in [-0.25, -0.2) is 4.79 Å². The van der Waals surface area contributed by atoms with Crippen molar-refractivity contribution in [1.29, 1.82) is 0 Å². The zero-order valence-corrected chi connectivity index (χ0v) is 17.7. The molecule has 6 nitrogen and oxygen atoms in total. The fourth-order valence-corrected chi connectivity index (χ4v) is 7.40. The molecule has 6 fully saturated rings. The van der Waals surface area contributed by atoms with Crippen molar-refractivity contribution in [2.75, 3.05) is 19.6 Å². The van der Waals surface area contributed by atoms with Gasteiger partial charge in [0, 0.05) is 36.3 Å². The van der Waals surface area contributed by atoms with Crippen molar-refractivity contribution < 1.29 is 9.59 Å². The van der Waals surface area contributed by atoms with Crippen molar-refractivity contribution in [1.82, 2.24) is 20.4 Å². The molecule has 156 valence electrons. The van der Waals surface area contributed by atoms with Gasteiger partial charge in [-0.1, -0.05) is 0 Å². The van der Waals surface area contributed by atoms with Crippen molar-refractivity contribution in [2.45, 2.75) is 88.9 Å². The van der Waals surface area contributed by atoms with Gasteiger partial charge in [-0.3, -0.25) is 9.69 Å². The van der Waals surface area contributed by atoms with Gasteiger partial charge in [0.2, 0.25) is 5.91 Å². The summed E-state index contributed by atoms with van der Waals surface area (Å²) in [5.41, 5.74) is -0.112. The average molecular weight is 389 g/mol. The van der Waals surface area contributed by atoms with Gasteiger partial charge in [0.1, 0.15) is 0 Å². The topological polar surface area (TPSA) is 64.7 Å². The number of hydrogen-bond acceptors (Lipinski definition) is 3. The zero-order chi connectivity index (χ0) is 19.7. The smallest absolute Gasteiger partial charge is 0.318 e. The van der Waals surface area contributed by atoms with Gasteiger partial charge < -0.3 is 15.5 Å². The minimum atomic E-state index is -0.195. The maximum Gasteiger partial charge on any atom is 0.318 e. The highest BCUT2D eigenvalue weighted by Gasteiger charge is 2.53. The van der Waals surface area contributed by atoms with Crippen molar-refractivity contribution in [2.24, 2.45) is 17.8 Å². The summed E-state index contributed by atoms with van der Waals surface area (Å²) in [4.78, 5) is 29.8. The molecule has 6 bridgehead atoms. The Hall–Kier alpha value is -1.30. The van der Waals surface area contributed by atoms with E-state index in [2.05, 4.69) is 20.4 Å². The zero-order valence-electron chi connectivity index (χ0n) is 17.7.